The van der Waals surface area contributed by atoms with Crippen LogP contribution in [0.1, 0.15) is 77.6 Å². The maximum absolute atomic E-state index is 11.6. The first-order valence-electron chi connectivity index (χ1n) is 9.84. The van der Waals surface area contributed by atoms with Crippen LogP contribution in [0.4, 0.5) is 0 Å². The second kappa shape index (κ2) is 12.7. The second-order valence-corrected chi connectivity index (χ2v) is 7.17. The van der Waals surface area contributed by atoms with Gasteiger partial charge in [0.25, 0.3) is 0 Å². The number of carboxylic acids is 2. The van der Waals surface area contributed by atoms with Gasteiger partial charge in [0.05, 0.1) is 5.92 Å². The van der Waals surface area contributed by atoms with Crippen molar-refractivity contribution in [1.82, 2.24) is 0 Å². The number of rotatable bonds is 13. The van der Waals surface area contributed by atoms with E-state index < -0.39 is 11.9 Å². The van der Waals surface area contributed by atoms with Gasteiger partial charge in [0.2, 0.25) is 0 Å². The fourth-order valence-corrected chi connectivity index (χ4v) is 3.45. The lowest BCUT2D eigenvalue weighted by Gasteiger charge is -2.27. The fourth-order valence-electron chi connectivity index (χ4n) is 3.45. The summed E-state index contributed by atoms with van der Waals surface area (Å²) in [7, 11) is 0. The van der Waals surface area contributed by atoms with Gasteiger partial charge in [-0.25, -0.2) is 0 Å². The molecular formula is C21H34O4. The minimum Gasteiger partial charge on any atom is -0.481 e. The van der Waals surface area contributed by atoms with Gasteiger partial charge in [-0.05, 0) is 38.0 Å². The smallest absolute Gasteiger partial charge is 0.307 e. The number of hydrogen-bond donors (Lipinski definition) is 2. The molecule has 0 fully saturated rings. The van der Waals surface area contributed by atoms with Crippen LogP contribution >= 0.6 is 0 Å². The molecule has 1 aliphatic rings. The third-order valence-electron chi connectivity index (χ3n) is 4.99. The lowest BCUT2D eigenvalue weighted by molar-refractivity contribution is -0.143. The Bertz CT molecular complexity index is 453. The van der Waals surface area contributed by atoms with Crippen LogP contribution in [0.3, 0.4) is 0 Å². The van der Waals surface area contributed by atoms with Crippen molar-refractivity contribution in [3.05, 3.63) is 24.3 Å². The van der Waals surface area contributed by atoms with Crippen LogP contribution in [0.25, 0.3) is 0 Å². The van der Waals surface area contributed by atoms with E-state index >= 15 is 0 Å². The molecule has 0 saturated heterocycles. The first-order valence-corrected chi connectivity index (χ1v) is 9.84. The summed E-state index contributed by atoms with van der Waals surface area (Å²) >= 11 is 0. The highest BCUT2D eigenvalue weighted by Gasteiger charge is 2.30. The molecule has 1 aliphatic carbocycles. The van der Waals surface area contributed by atoms with Crippen LogP contribution in [0, 0.1) is 17.8 Å². The lowest BCUT2D eigenvalue weighted by Crippen LogP contribution is -2.26. The Morgan fingerprint density at radius 2 is 1.76 bits per heavy atom. The molecular weight excluding hydrogens is 316 g/mol. The molecule has 0 aliphatic heterocycles. The number of allylic oxidation sites excluding steroid dienone is 4. The van der Waals surface area contributed by atoms with Gasteiger partial charge in [0.15, 0.2) is 0 Å². The van der Waals surface area contributed by atoms with Crippen LogP contribution in [0.2, 0.25) is 0 Å². The Balaban J connectivity index is 2.27. The zero-order chi connectivity index (χ0) is 18.5. The number of carboxylic acid groups (broad SMARTS) is 2. The molecule has 0 saturated carbocycles. The summed E-state index contributed by atoms with van der Waals surface area (Å²) in [5.74, 6) is -1.26. The average molecular weight is 350 g/mol. The normalized spacial score (nSPS) is 23.2. The largest absolute Gasteiger partial charge is 0.481 e. The van der Waals surface area contributed by atoms with Crippen molar-refractivity contribution < 1.29 is 19.8 Å². The minimum absolute atomic E-state index is 0.0194. The lowest BCUT2D eigenvalue weighted by atomic mass is 9.77. The van der Waals surface area contributed by atoms with E-state index in [1.807, 2.05) is 0 Å². The highest BCUT2D eigenvalue weighted by Crippen LogP contribution is 2.32. The highest BCUT2D eigenvalue weighted by atomic mass is 16.4. The number of aliphatic carboxylic acids is 2. The molecule has 0 unspecified atom stereocenters. The average Bonchev–Trinajstić information content (AvgIpc) is 2.58. The van der Waals surface area contributed by atoms with Crippen molar-refractivity contribution in [1.29, 1.82) is 0 Å². The predicted molar refractivity (Wildman–Crippen MR) is 100 cm³/mol. The number of hydrogen-bond acceptors (Lipinski definition) is 2. The Hall–Kier alpha value is -1.58. The molecule has 25 heavy (non-hydrogen) atoms. The van der Waals surface area contributed by atoms with Gasteiger partial charge in [-0.1, -0.05) is 63.3 Å². The van der Waals surface area contributed by atoms with Crippen LogP contribution in [-0.4, -0.2) is 22.2 Å². The van der Waals surface area contributed by atoms with Crippen LogP contribution in [0.5, 0.6) is 0 Å². The molecule has 4 heteroatoms. The number of carbonyl (C=O) groups is 2. The first-order chi connectivity index (χ1) is 12.0. The molecule has 0 aromatic heterocycles. The van der Waals surface area contributed by atoms with E-state index in [1.54, 1.807) is 0 Å². The maximum atomic E-state index is 11.6. The van der Waals surface area contributed by atoms with E-state index in [0.717, 1.165) is 64.2 Å². The van der Waals surface area contributed by atoms with Crippen LogP contribution in [0.15, 0.2) is 24.3 Å². The molecule has 4 nitrogen and oxygen atoms in total. The molecule has 0 aromatic carbocycles. The van der Waals surface area contributed by atoms with Gasteiger partial charge in [0, 0.05) is 12.3 Å². The molecule has 2 N–H and O–H groups in total. The van der Waals surface area contributed by atoms with Gasteiger partial charge in [-0.15, -0.1) is 0 Å². The predicted octanol–water partition coefficient (Wildman–Crippen LogP) is 5.44. The summed E-state index contributed by atoms with van der Waals surface area (Å²) in [6.45, 7) is 2.17. The van der Waals surface area contributed by atoms with Crippen molar-refractivity contribution in [2.45, 2.75) is 77.6 Å². The third-order valence-corrected chi connectivity index (χ3v) is 4.99. The Morgan fingerprint density at radius 3 is 2.44 bits per heavy atom. The topological polar surface area (TPSA) is 74.6 Å². The summed E-state index contributed by atoms with van der Waals surface area (Å²) in [6.07, 6.45) is 18.9. The van der Waals surface area contributed by atoms with Gasteiger partial charge in [-0.3, -0.25) is 9.59 Å². The Labute approximate surface area is 152 Å². The SMILES string of the molecule is CCCC[C@@H]1C=C[C@@H](/C=C/CCCCCCCC(=O)O)[C@@H](C(=O)O)C1. The summed E-state index contributed by atoms with van der Waals surface area (Å²) in [5, 5.41) is 18.1. The van der Waals surface area contributed by atoms with Crippen molar-refractivity contribution in [2.24, 2.45) is 17.8 Å². The quantitative estimate of drug-likeness (QED) is 0.342. The summed E-state index contributed by atoms with van der Waals surface area (Å²) in [6, 6.07) is 0. The van der Waals surface area contributed by atoms with Crippen molar-refractivity contribution in [3.8, 4) is 0 Å². The molecule has 142 valence electrons. The zero-order valence-corrected chi connectivity index (χ0v) is 15.5. The highest BCUT2D eigenvalue weighted by molar-refractivity contribution is 5.71. The molecule has 1 rings (SSSR count). The molecule has 0 spiro atoms. The van der Waals surface area contributed by atoms with E-state index in [2.05, 4.69) is 31.2 Å². The van der Waals surface area contributed by atoms with Gasteiger partial charge < -0.3 is 10.2 Å². The monoisotopic (exact) mass is 350 g/mol. The first kappa shape index (κ1) is 21.5. The van der Waals surface area contributed by atoms with E-state index in [0.29, 0.717) is 5.92 Å². The van der Waals surface area contributed by atoms with E-state index in [4.69, 9.17) is 5.11 Å². The third kappa shape index (κ3) is 9.47. The minimum atomic E-state index is -0.714. The molecule has 0 amide bonds. The van der Waals surface area contributed by atoms with E-state index in [-0.39, 0.29) is 18.3 Å². The fraction of sp³-hybridized carbons (Fsp3) is 0.714. The van der Waals surface area contributed by atoms with Crippen molar-refractivity contribution in [2.75, 3.05) is 0 Å². The molecule has 3 atom stereocenters. The van der Waals surface area contributed by atoms with Gasteiger partial charge in [0.1, 0.15) is 0 Å². The summed E-state index contributed by atoms with van der Waals surface area (Å²) in [4.78, 5) is 22.0. The second-order valence-electron chi connectivity index (χ2n) is 7.17. The summed E-state index contributed by atoms with van der Waals surface area (Å²) < 4.78 is 0. The standard InChI is InChI=1S/C21H34O4/c1-2-3-11-17-14-15-18(19(16-17)21(24)25)12-9-7-5-4-6-8-10-13-20(22)23/h9,12,14-15,17-19H,2-8,10-11,13,16H2,1H3,(H,22,23)(H,24,25)/b12-9+/t17-,18-,19+/m1/s1. The number of unbranched alkanes of at least 4 members (excludes halogenated alkanes) is 6. The van der Waals surface area contributed by atoms with Crippen LogP contribution in [-0.2, 0) is 9.59 Å². The van der Waals surface area contributed by atoms with Crippen molar-refractivity contribution >= 4 is 11.9 Å². The molecule has 0 bridgehead atoms. The van der Waals surface area contributed by atoms with Crippen molar-refractivity contribution in [3.63, 3.8) is 0 Å². The summed E-state index contributed by atoms with van der Waals surface area (Å²) in [5.41, 5.74) is 0. The van der Waals surface area contributed by atoms with E-state index in [9.17, 15) is 14.7 Å². The Kier molecular flexibility index (Phi) is 10.9. The zero-order valence-electron chi connectivity index (χ0n) is 15.5. The molecule has 0 aromatic rings. The van der Waals surface area contributed by atoms with E-state index in [1.165, 1.54) is 0 Å². The van der Waals surface area contributed by atoms with Crippen LogP contribution < -0.4 is 0 Å². The van der Waals surface area contributed by atoms with Gasteiger partial charge >= 0.3 is 11.9 Å². The molecule has 0 heterocycles. The van der Waals surface area contributed by atoms with Gasteiger partial charge in [-0.2, -0.15) is 0 Å². The Morgan fingerprint density at radius 1 is 1.04 bits per heavy atom. The molecule has 0 radical (unpaired) electrons. The maximum Gasteiger partial charge on any atom is 0.307 e.